The fourth-order valence-corrected chi connectivity index (χ4v) is 6.24. The molecule has 1 aliphatic heterocycles. The molecule has 0 aliphatic carbocycles. The van der Waals surface area contributed by atoms with Crippen molar-refractivity contribution in [2.24, 2.45) is 0 Å². The third-order valence-corrected chi connectivity index (χ3v) is 7.62. The van der Waals surface area contributed by atoms with E-state index in [4.69, 9.17) is 0 Å². The van der Waals surface area contributed by atoms with Crippen molar-refractivity contribution in [1.29, 1.82) is 0 Å². The van der Waals surface area contributed by atoms with Crippen molar-refractivity contribution in [3.05, 3.63) is 59.8 Å². The number of benzene rings is 2. The molecule has 0 N–H and O–H groups in total. The Hall–Kier alpha value is -2.35. The zero-order valence-electron chi connectivity index (χ0n) is 18.7. The Morgan fingerprint density at radius 1 is 0.966 bits per heavy atom. The van der Waals surface area contributed by atoms with Crippen molar-refractivity contribution < 1.29 is 4.68 Å². The molecule has 5 rings (SSSR count). The van der Waals surface area contributed by atoms with E-state index in [1.807, 2.05) is 0 Å². The first-order chi connectivity index (χ1) is 13.9. The third-order valence-electron chi connectivity index (χ3n) is 7.62. The van der Waals surface area contributed by atoms with E-state index >= 15 is 0 Å². The summed E-state index contributed by atoms with van der Waals surface area (Å²) in [7, 11) is 0. The van der Waals surface area contributed by atoms with Crippen molar-refractivity contribution in [1.82, 2.24) is 4.52 Å². The van der Waals surface area contributed by atoms with Gasteiger partial charge in [0, 0.05) is 6.42 Å². The Morgan fingerprint density at radius 2 is 1.72 bits per heavy atom. The minimum atomic E-state index is 0.0888. The van der Waals surface area contributed by atoms with Crippen LogP contribution in [0.5, 0.6) is 0 Å². The molecule has 2 aromatic heterocycles. The summed E-state index contributed by atoms with van der Waals surface area (Å²) < 4.78 is 5.10. The van der Waals surface area contributed by atoms with Crippen LogP contribution in [0.25, 0.3) is 27.2 Å². The van der Waals surface area contributed by atoms with Crippen LogP contribution in [-0.4, -0.2) is 4.52 Å². The van der Waals surface area contributed by atoms with Crippen LogP contribution in [0, 0.1) is 0 Å². The van der Waals surface area contributed by atoms with Crippen LogP contribution in [0.3, 0.4) is 0 Å². The molecule has 0 saturated heterocycles. The quantitative estimate of drug-likeness (QED) is 0.341. The second-order valence-electron chi connectivity index (χ2n) is 9.86. The average molecular weight is 386 g/mol. The van der Waals surface area contributed by atoms with Gasteiger partial charge in [-0.2, -0.15) is 0 Å². The molecule has 0 spiro atoms. The van der Waals surface area contributed by atoms with Gasteiger partial charge in [0.05, 0.1) is 22.4 Å². The predicted molar refractivity (Wildman–Crippen MR) is 123 cm³/mol. The molecule has 1 atom stereocenters. The number of rotatable bonds is 3. The lowest BCUT2D eigenvalue weighted by Gasteiger charge is -2.39. The molecule has 150 valence electrons. The summed E-state index contributed by atoms with van der Waals surface area (Å²) in [5, 5.41) is 4.32. The monoisotopic (exact) mass is 385 g/mol. The van der Waals surface area contributed by atoms with Gasteiger partial charge in [-0.25, -0.2) is 0 Å². The zero-order valence-corrected chi connectivity index (χ0v) is 18.7. The smallest absolute Gasteiger partial charge is 0.127 e. The summed E-state index contributed by atoms with van der Waals surface area (Å²) in [4.78, 5) is 0. The molecule has 0 radical (unpaired) electrons. The van der Waals surface area contributed by atoms with Gasteiger partial charge in [-0.1, -0.05) is 70.5 Å². The van der Waals surface area contributed by atoms with Crippen LogP contribution in [0.2, 0.25) is 0 Å². The Kier molecular flexibility index (Phi) is 3.91. The van der Waals surface area contributed by atoms with E-state index in [0.717, 1.165) is 19.3 Å². The summed E-state index contributed by atoms with van der Waals surface area (Å²) >= 11 is 0. The van der Waals surface area contributed by atoms with E-state index in [0.29, 0.717) is 6.04 Å². The minimum Gasteiger partial charge on any atom is -0.127 e. The van der Waals surface area contributed by atoms with Gasteiger partial charge in [0.1, 0.15) is 5.52 Å². The van der Waals surface area contributed by atoms with E-state index in [9.17, 15) is 0 Å². The van der Waals surface area contributed by atoms with Gasteiger partial charge in [-0.15, -0.1) is 4.52 Å². The topological polar surface area (TPSA) is 8.29 Å². The Bertz CT molecular complexity index is 1250. The number of hydrogen-bond donors (Lipinski definition) is 0. The van der Waals surface area contributed by atoms with Gasteiger partial charge < -0.3 is 0 Å². The lowest BCUT2D eigenvalue weighted by molar-refractivity contribution is -0.771. The van der Waals surface area contributed by atoms with Crippen molar-refractivity contribution in [3.8, 4) is 0 Å². The van der Waals surface area contributed by atoms with Crippen LogP contribution < -0.4 is 4.68 Å². The number of hydrogen-bond acceptors (Lipinski definition) is 0. The lowest BCUT2D eigenvalue weighted by atomic mass is 9.66. The van der Waals surface area contributed by atoms with E-state index in [-0.39, 0.29) is 10.8 Å². The lowest BCUT2D eigenvalue weighted by Crippen LogP contribution is -2.56. The molecule has 29 heavy (non-hydrogen) atoms. The second kappa shape index (κ2) is 6.08. The van der Waals surface area contributed by atoms with Crippen LogP contribution in [0.15, 0.2) is 48.7 Å². The van der Waals surface area contributed by atoms with E-state index in [1.54, 1.807) is 5.56 Å². The zero-order chi connectivity index (χ0) is 20.6. The molecule has 1 aliphatic rings. The van der Waals surface area contributed by atoms with Crippen LogP contribution in [0.1, 0.15) is 78.0 Å². The molecule has 4 aromatic rings. The van der Waals surface area contributed by atoms with Crippen LogP contribution in [-0.2, 0) is 10.8 Å². The molecule has 2 nitrogen and oxygen atoms in total. The molecule has 3 heterocycles. The average Bonchev–Trinajstić information content (AvgIpc) is 3.06. The Balaban J connectivity index is 2.15. The summed E-state index contributed by atoms with van der Waals surface area (Å²) in [6.45, 7) is 14.2. The van der Waals surface area contributed by atoms with Crippen molar-refractivity contribution in [3.63, 3.8) is 0 Å². The number of pyridine rings is 1. The van der Waals surface area contributed by atoms with Gasteiger partial charge >= 0.3 is 0 Å². The maximum absolute atomic E-state index is 2.66. The van der Waals surface area contributed by atoms with Crippen LogP contribution >= 0.6 is 0 Å². The summed E-state index contributed by atoms with van der Waals surface area (Å²) in [6.07, 6.45) is 5.73. The van der Waals surface area contributed by atoms with E-state index < -0.39 is 0 Å². The van der Waals surface area contributed by atoms with Crippen molar-refractivity contribution >= 4 is 27.2 Å². The van der Waals surface area contributed by atoms with E-state index in [1.165, 1.54) is 32.8 Å². The van der Waals surface area contributed by atoms with Gasteiger partial charge in [0.15, 0.2) is 6.04 Å². The first kappa shape index (κ1) is 18.7. The first-order valence-electron chi connectivity index (χ1n) is 11.3. The van der Waals surface area contributed by atoms with Gasteiger partial charge in [0.2, 0.25) is 5.52 Å². The van der Waals surface area contributed by atoms with Crippen molar-refractivity contribution in [2.45, 2.75) is 77.7 Å². The molecule has 0 fully saturated rings. The molecule has 0 saturated carbocycles. The maximum atomic E-state index is 2.66. The molecule has 0 bridgehead atoms. The molecule has 0 amide bonds. The molecule has 1 unspecified atom stereocenters. The SMILES string of the molecule is CCC1[n+]2c3c4c(cccc4cc(C(C)(C)C)c3c3ccccn32)C1(CC)CC. The normalized spacial score (nSPS) is 18.3. The van der Waals surface area contributed by atoms with Gasteiger partial charge in [-0.05, 0) is 53.0 Å². The number of nitrogens with zero attached hydrogens (tertiary/aromatic N) is 2. The fraction of sp³-hybridized carbons (Fsp3) is 0.444. The highest BCUT2D eigenvalue weighted by atomic mass is 15.4. The van der Waals surface area contributed by atoms with Crippen LogP contribution in [0.4, 0.5) is 0 Å². The first-order valence-corrected chi connectivity index (χ1v) is 11.3. The van der Waals surface area contributed by atoms with Gasteiger partial charge in [0.25, 0.3) is 0 Å². The highest BCUT2D eigenvalue weighted by molar-refractivity contribution is 6.13. The molecular formula is C27H33N2+. The molecule has 2 aromatic carbocycles. The molecule has 2 heteroatoms. The largest absolute Gasteiger partial charge is 0.248 e. The highest BCUT2D eigenvalue weighted by Crippen LogP contribution is 2.50. The van der Waals surface area contributed by atoms with E-state index in [2.05, 4.69) is 99.4 Å². The van der Waals surface area contributed by atoms with Crippen molar-refractivity contribution in [2.75, 3.05) is 0 Å². The maximum Gasteiger partial charge on any atom is 0.248 e. The minimum absolute atomic E-state index is 0.0888. The predicted octanol–water partition coefficient (Wildman–Crippen LogP) is 6.85. The molecular weight excluding hydrogens is 352 g/mol. The summed E-state index contributed by atoms with van der Waals surface area (Å²) in [6, 6.07) is 16.6. The number of fused-ring (bicyclic) bond motifs is 3. The Morgan fingerprint density at radius 3 is 2.38 bits per heavy atom. The summed E-state index contributed by atoms with van der Waals surface area (Å²) in [5.74, 6) is 0. The van der Waals surface area contributed by atoms with Gasteiger partial charge in [-0.3, -0.25) is 0 Å². The number of aromatic nitrogens is 2. The highest BCUT2D eigenvalue weighted by Gasteiger charge is 2.50. The Labute approximate surface area is 174 Å². The second-order valence-corrected chi connectivity index (χ2v) is 9.86. The fourth-order valence-electron chi connectivity index (χ4n) is 6.24. The standard InChI is InChI=1S/C27H33N2/c1-7-22-27(8-2,9-3)19-14-12-13-18-17-20(26(4,5)6)24-21-15-10-11-16-28(21)29(22)25(24)23(18)19/h10-17,22H,7-9H2,1-6H3/q+1. The summed E-state index contributed by atoms with van der Waals surface area (Å²) in [5.41, 5.74) is 6.06. The third kappa shape index (κ3) is 2.21.